The van der Waals surface area contributed by atoms with Crippen molar-refractivity contribution < 1.29 is 19.4 Å². The fraction of sp³-hybridized carbons (Fsp3) is 0.333. The molecule has 0 unspecified atom stereocenters. The molecule has 0 aliphatic carbocycles. The summed E-state index contributed by atoms with van der Waals surface area (Å²) in [5.74, 6) is -1.35. The molecule has 0 radical (unpaired) electrons. The monoisotopic (exact) mass is 322 g/mol. The van der Waals surface area contributed by atoms with E-state index < -0.39 is 12.1 Å². The largest absolute Gasteiger partial charge is 0.479 e. The van der Waals surface area contributed by atoms with Crippen LogP contribution in [0.1, 0.15) is 10.5 Å². The zero-order chi connectivity index (χ0) is 15.9. The molecule has 1 atom stereocenters. The molecule has 0 spiro atoms. The number of carbonyl (C=O) groups excluding carboxylic acids is 1. The van der Waals surface area contributed by atoms with E-state index >= 15 is 0 Å². The van der Waals surface area contributed by atoms with E-state index in [0.29, 0.717) is 17.3 Å². The first-order valence-electron chi connectivity index (χ1n) is 6.87. The van der Waals surface area contributed by atoms with Gasteiger partial charge in [-0.3, -0.25) is 4.79 Å². The number of benzene rings is 1. The van der Waals surface area contributed by atoms with E-state index in [9.17, 15) is 9.59 Å². The molecule has 1 aliphatic rings. The zero-order valence-corrected chi connectivity index (χ0v) is 12.7. The van der Waals surface area contributed by atoms with Gasteiger partial charge in [0.05, 0.1) is 18.2 Å². The second kappa shape index (κ2) is 5.62. The highest BCUT2D eigenvalue weighted by molar-refractivity contribution is 6.38. The molecule has 1 saturated heterocycles. The van der Waals surface area contributed by atoms with Crippen LogP contribution in [0.25, 0.3) is 10.9 Å². The third-order valence-corrected chi connectivity index (χ3v) is 4.26. The van der Waals surface area contributed by atoms with Gasteiger partial charge in [-0.15, -0.1) is 0 Å². The van der Waals surface area contributed by atoms with Crippen LogP contribution in [-0.2, 0) is 16.6 Å². The Hall–Kier alpha value is -2.05. The summed E-state index contributed by atoms with van der Waals surface area (Å²) < 4.78 is 6.88. The first kappa shape index (κ1) is 14.9. The summed E-state index contributed by atoms with van der Waals surface area (Å²) in [7, 11) is 1.77. The van der Waals surface area contributed by atoms with Crippen LogP contribution in [0.15, 0.2) is 24.3 Å². The van der Waals surface area contributed by atoms with Crippen molar-refractivity contribution in [2.24, 2.45) is 7.05 Å². The second-order valence-electron chi connectivity index (χ2n) is 5.19. The van der Waals surface area contributed by atoms with Crippen molar-refractivity contribution in [3.05, 3.63) is 35.0 Å². The number of carbonyl (C=O) groups is 2. The van der Waals surface area contributed by atoms with Gasteiger partial charge < -0.3 is 19.3 Å². The van der Waals surface area contributed by atoms with Crippen LogP contribution < -0.4 is 0 Å². The van der Waals surface area contributed by atoms with Crippen molar-refractivity contribution in [2.45, 2.75) is 6.10 Å². The Morgan fingerprint density at radius 1 is 1.36 bits per heavy atom. The minimum Gasteiger partial charge on any atom is -0.479 e. The molecule has 6 nitrogen and oxygen atoms in total. The molecule has 1 aromatic carbocycles. The van der Waals surface area contributed by atoms with Gasteiger partial charge in [0.2, 0.25) is 0 Å². The van der Waals surface area contributed by atoms with Crippen LogP contribution >= 0.6 is 11.6 Å². The lowest BCUT2D eigenvalue weighted by atomic mass is 10.2. The third-order valence-electron chi connectivity index (χ3n) is 3.88. The molecule has 22 heavy (non-hydrogen) atoms. The van der Waals surface area contributed by atoms with E-state index in [4.69, 9.17) is 21.4 Å². The Bertz CT molecular complexity index is 716. The molecule has 1 N–H and O–H groups in total. The maximum Gasteiger partial charge on any atom is 0.334 e. The molecule has 1 amide bonds. The summed E-state index contributed by atoms with van der Waals surface area (Å²) in [6.45, 7) is 0.566. The Kier molecular flexibility index (Phi) is 3.80. The summed E-state index contributed by atoms with van der Waals surface area (Å²) in [6.07, 6.45) is -0.994. The number of aryl methyl sites for hydroxylation is 1. The highest BCUT2D eigenvalue weighted by atomic mass is 35.5. The van der Waals surface area contributed by atoms with E-state index in [1.165, 1.54) is 4.90 Å². The molecule has 1 aliphatic heterocycles. The van der Waals surface area contributed by atoms with Gasteiger partial charge in [0.1, 0.15) is 5.69 Å². The molecule has 1 fully saturated rings. The number of hydrogen-bond donors (Lipinski definition) is 1. The summed E-state index contributed by atoms with van der Waals surface area (Å²) in [5.41, 5.74) is 1.23. The predicted molar refractivity (Wildman–Crippen MR) is 81.2 cm³/mol. The number of hydrogen-bond acceptors (Lipinski definition) is 3. The summed E-state index contributed by atoms with van der Waals surface area (Å²) in [4.78, 5) is 25.3. The lowest BCUT2D eigenvalue weighted by Gasteiger charge is -2.31. The molecule has 2 aromatic rings. The molecule has 3 rings (SSSR count). The molecular weight excluding hydrogens is 308 g/mol. The van der Waals surface area contributed by atoms with E-state index in [2.05, 4.69) is 0 Å². The zero-order valence-electron chi connectivity index (χ0n) is 12.0. The van der Waals surface area contributed by atoms with Gasteiger partial charge in [-0.1, -0.05) is 29.8 Å². The molecule has 1 aromatic heterocycles. The van der Waals surface area contributed by atoms with Crippen molar-refractivity contribution in [1.29, 1.82) is 0 Å². The first-order chi connectivity index (χ1) is 10.5. The number of para-hydroxylation sites is 1. The Morgan fingerprint density at radius 2 is 2.09 bits per heavy atom. The molecule has 0 bridgehead atoms. The normalized spacial score (nSPS) is 18.6. The van der Waals surface area contributed by atoms with Crippen molar-refractivity contribution in [3.63, 3.8) is 0 Å². The maximum atomic E-state index is 12.8. The predicted octanol–water partition coefficient (Wildman–Crippen LogP) is 1.76. The average molecular weight is 323 g/mol. The van der Waals surface area contributed by atoms with Gasteiger partial charge in [-0.2, -0.15) is 0 Å². The van der Waals surface area contributed by atoms with E-state index in [1.54, 1.807) is 11.6 Å². The topological polar surface area (TPSA) is 71.8 Å². The molecule has 7 heteroatoms. The number of amides is 1. The van der Waals surface area contributed by atoms with Crippen LogP contribution in [0.5, 0.6) is 0 Å². The molecule has 2 heterocycles. The average Bonchev–Trinajstić information content (AvgIpc) is 2.79. The number of aromatic nitrogens is 1. The maximum absolute atomic E-state index is 12.8. The van der Waals surface area contributed by atoms with Crippen molar-refractivity contribution in [2.75, 3.05) is 19.7 Å². The number of rotatable bonds is 2. The summed E-state index contributed by atoms with van der Waals surface area (Å²) in [5, 5.41) is 10.2. The number of ether oxygens (including phenoxy) is 1. The number of nitrogens with zero attached hydrogens (tertiary/aromatic N) is 2. The molecule has 0 saturated carbocycles. The lowest BCUT2D eigenvalue weighted by molar-refractivity contribution is -0.154. The SMILES string of the molecule is Cn1c(C(=O)N2CCO[C@H](C(=O)O)C2)c(Cl)c2ccccc21. The standard InChI is InChI=1S/C15H15ClN2O4/c1-17-10-5-3-2-4-9(10)12(16)13(17)14(19)18-6-7-22-11(8-18)15(20)21/h2-5,11H,6-8H2,1H3,(H,20,21)/t11-/m0/s1. The lowest BCUT2D eigenvalue weighted by Crippen LogP contribution is -2.48. The number of aliphatic carboxylic acids is 1. The van der Waals surface area contributed by atoms with Gasteiger partial charge in [-0.25, -0.2) is 4.79 Å². The van der Waals surface area contributed by atoms with E-state index in [1.807, 2.05) is 24.3 Å². The number of carboxylic acid groups (broad SMARTS) is 1. The van der Waals surface area contributed by atoms with Gasteiger partial charge in [0, 0.05) is 24.5 Å². The highest BCUT2D eigenvalue weighted by Crippen LogP contribution is 2.30. The van der Waals surface area contributed by atoms with Gasteiger partial charge >= 0.3 is 5.97 Å². The van der Waals surface area contributed by atoms with Crippen LogP contribution in [0, 0.1) is 0 Å². The number of halogens is 1. The van der Waals surface area contributed by atoms with Crippen molar-refractivity contribution >= 4 is 34.4 Å². The van der Waals surface area contributed by atoms with Crippen molar-refractivity contribution in [3.8, 4) is 0 Å². The molecule has 116 valence electrons. The van der Waals surface area contributed by atoms with Crippen LogP contribution in [0.4, 0.5) is 0 Å². The first-order valence-corrected chi connectivity index (χ1v) is 7.25. The second-order valence-corrected chi connectivity index (χ2v) is 5.57. The van der Waals surface area contributed by atoms with Gasteiger partial charge in [0.15, 0.2) is 6.10 Å². The third kappa shape index (κ3) is 2.34. The number of morpholine rings is 1. The number of fused-ring (bicyclic) bond motifs is 1. The minimum absolute atomic E-state index is 0.0199. The van der Waals surface area contributed by atoms with E-state index in [-0.39, 0.29) is 19.1 Å². The van der Waals surface area contributed by atoms with Crippen molar-refractivity contribution in [1.82, 2.24) is 9.47 Å². The van der Waals surface area contributed by atoms with Gasteiger partial charge in [0.25, 0.3) is 5.91 Å². The Labute approximate surface area is 131 Å². The Balaban J connectivity index is 1.97. The Morgan fingerprint density at radius 3 is 2.77 bits per heavy atom. The van der Waals surface area contributed by atoms with Crippen LogP contribution in [0.2, 0.25) is 5.02 Å². The fourth-order valence-electron chi connectivity index (χ4n) is 2.72. The highest BCUT2D eigenvalue weighted by Gasteiger charge is 2.32. The smallest absolute Gasteiger partial charge is 0.334 e. The van der Waals surface area contributed by atoms with E-state index in [0.717, 1.165) is 10.9 Å². The van der Waals surface area contributed by atoms with Gasteiger partial charge in [-0.05, 0) is 6.07 Å². The van der Waals surface area contributed by atoms with Crippen LogP contribution in [-0.4, -0.2) is 52.3 Å². The summed E-state index contributed by atoms with van der Waals surface area (Å²) >= 11 is 6.36. The fourth-order valence-corrected chi connectivity index (χ4v) is 3.08. The number of carboxylic acids is 1. The summed E-state index contributed by atoms with van der Waals surface area (Å²) in [6, 6.07) is 7.48. The minimum atomic E-state index is -1.07. The quantitative estimate of drug-likeness (QED) is 0.914. The van der Waals surface area contributed by atoms with Crippen LogP contribution in [0.3, 0.4) is 0 Å². The molecular formula is C15H15ClN2O4.